The van der Waals surface area contributed by atoms with E-state index in [9.17, 15) is 14.4 Å². The lowest BCUT2D eigenvalue weighted by Gasteiger charge is -2.18. The summed E-state index contributed by atoms with van der Waals surface area (Å²) in [6, 6.07) is 0. The lowest BCUT2D eigenvalue weighted by molar-refractivity contribution is -0.167. The molecule has 0 aromatic heterocycles. The minimum Gasteiger partial charge on any atom is -0.462 e. The Kier molecular flexibility index (Phi) is 58.9. The summed E-state index contributed by atoms with van der Waals surface area (Å²) in [4.78, 5) is 38.3. The van der Waals surface area contributed by atoms with Crippen LogP contribution in [0.15, 0.2) is 146 Å². The van der Waals surface area contributed by atoms with Gasteiger partial charge in [-0.25, -0.2) is 0 Å². The quantitative estimate of drug-likeness (QED) is 0.0261. The summed E-state index contributed by atoms with van der Waals surface area (Å²) in [7, 11) is 0. The Morgan fingerprint density at radius 2 is 0.513 bits per heavy atom. The molecule has 0 saturated carbocycles. The molecule has 76 heavy (non-hydrogen) atoms. The SMILES string of the molecule is CC/C=C\C/C=C\C/C=C\C/C=C\C/C=C\C/C=C\CCCCCCCCCCC(=O)OCC(COC(=O)CCCCCCC/C=C\C/C=C\CCCC)OC(=O)CCCCCC/C=C\C/C=C\C/C=C\C/C=C\CC. The maximum atomic E-state index is 12.9. The van der Waals surface area contributed by atoms with Crippen molar-refractivity contribution in [2.75, 3.05) is 13.2 Å². The van der Waals surface area contributed by atoms with Gasteiger partial charge in [0.05, 0.1) is 0 Å². The van der Waals surface area contributed by atoms with Gasteiger partial charge in [0, 0.05) is 19.3 Å². The summed E-state index contributed by atoms with van der Waals surface area (Å²) in [6.07, 6.45) is 89.8. The van der Waals surface area contributed by atoms with E-state index in [0.29, 0.717) is 12.8 Å². The minimum atomic E-state index is -0.808. The topological polar surface area (TPSA) is 78.9 Å². The van der Waals surface area contributed by atoms with E-state index in [4.69, 9.17) is 14.2 Å². The molecule has 1 atom stereocenters. The van der Waals surface area contributed by atoms with Crippen LogP contribution in [0.1, 0.15) is 258 Å². The molecule has 6 heteroatoms. The molecule has 0 saturated heterocycles. The van der Waals surface area contributed by atoms with E-state index in [0.717, 1.165) is 167 Å². The standard InChI is InChI=1S/C70H112O6/c1-4-7-10-13-16-19-22-25-28-30-31-32-33-34-35-36-37-38-39-41-42-45-48-51-54-57-60-63-69(72)75-66-67(65-74-68(71)62-59-56-53-50-47-44-27-24-21-18-15-12-9-6-3)76-70(73)64-61-58-55-52-49-46-43-40-29-26-23-20-17-14-11-8-5-2/h7-8,10-11,15-20,24-29,31-32,34-35,37-38,43,46,67H,4-6,9,12-14,21-23,30,33,36,39-42,44-45,47-66H2,1-3H3/b10-7-,11-8-,18-15-,19-16-,20-17-,27-24-,28-25-,29-26-,32-31-,35-34-,38-37-,46-43-. The zero-order valence-corrected chi connectivity index (χ0v) is 49.0. The van der Waals surface area contributed by atoms with Gasteiger partial charge < -0.3 is 14.2 Å². The first kappa shape index (κ1) is 71.3. The van der Waals surface area contributed by atoms with Gasteiger partial charge in [-0.2, -0.15) is 0 Å². The van der Waals surface area contributed by atoms with Crippen molar-refractivity contribution in [3.8, 4) is 0 Å². The summed E-state index contributed by atoms with van der Waals surface area (Å²) in [6.45, 7) is 6.33. The average Bonchev–Trinajstić information content (AvgIpc) is 3.42. The van der Waals surface area contributed by atoms with Crippen LogP contribution < -0.4 is 0 Å². The average molecular weight is 1050 g/mol. The highest BCUT2D eigenvalue weighted by molar-refractivity contribution is 5.71. The summed E-state index contributed by atoms with van der Waals surface area (Å²) in [5, 5.41) is 0. The van der Waals surface area contributed by atoms with Crippen LogP contribution in [0.3, 0.4) is 0 Å². The van der Waals surface area contributed by atoms with E-state index in [1.807, 2.05) is 0 Å². The third-order valence-electron chi connectivity index (χ3n) is 12.6. The van der Waals surface area contributed by atoms with Gasteiger partial charge in [0.25, 0.3) is 0 Å². The van der Waals surface area contributed by atoms with E-state index in [1.165, 1.54) is 51.4 Å². The first-order chi connectivity index (χ1) is 37.5. The van der Waals surface area contributed by atoms with Gasteiger partial charge in [-0.1, -0.05) is 250 Å². The van der Waals surface area contributed by atoms with Crippen molar-refractivity contribution < 1.29 is 28.6 Å². The maximum absolute atomic E-state index is 12.9. The Morgan fingerprint density at radius 1 is 0.276 bits per heavy atom. The van der Waals surface area contributed by atoms with Crippen LogP contribution in [0.4, 0.5) is 0 Å². The van der Waals surface area contributed by atoms with Crippen LogP contribution in [0.5, 0.6) is 0 Å². The van der Waals surface area contributed by atoms with Crippen molar-refractivity contribution in [2.45, 2.75) is 264 Å². The number of ether oxygens (including phenoxy) is 3. The molecular weight excluding hydrogens is 937 g/mol. The Labute approximate surface area is 467 Å². The summed E-state index contributed by atoms with van der Waals surface area (Å²) in [5.74, 6) is -0.951. The second-order valence-corrected chi connectivity index (χ2v) is 19.8. The molecule has 0 bridgehead atoms. The molecule has 0 amide bonds. The van der Waals surface area contributed by atoms with Crippen molar-refractivity contribution in [1.29, 1.82) is 0 Å². The van der Waals surface area contributed by atoms with Crippen molar-refractivity contribution in [3.05, 3.63) is 146 Å². The predicted molar refractivity (Wildman–Crippen MR) is 329 cm³/mol. The van der Waals surface area contributed by atoms with Crippen molar-refractivity contribution >= 4 is 17.9 Å². The number of allylic oxidation sites excluding steroid dienone is 24. The van der Waals surface area contributed by atoms with Gasteiger partial charge in [-0.3, -0.25) is 14.4 Å². The molecular formula is C70H112O6. The Balaban J connectivity index is 4.41. The highest BCUT2D eigenvalue weighted by atomic mass is 16.6. The summed E-state index contributed by atoms with van der Waals surface area (Å²) < 4.78 is 16.9. The molecule has 0 rings (SSSR count). The fourth-order valence-corrected chi connectivity index (χ4v) is 7.98. The molecule has 0 radical (unpaired) electrons. The van der Waals surface area contributed by atoms with E-state index < -0.39 is 6.10 Å². The summed E-state index contributed by atoms with van der Waals surface area (Å²) in [5.41, 5.74) is 0. The van der Waals surface area contributed by atoms with E-state index in [2.05, 4.69) is 167 Å². The molecule has 1 unspecified atom stereocenters. The highest BCUT2D eigenvalue weighted by Gasteiger charge is 2.19. The lowest BCUT2D eigenvalue weighted by atomic mass is 10.1. The van der Waals surface area contributed by atoms with Gasteiger partial charge in [-0.15, -0.1) is 0 Å². The second kappa shape index (κ2) is 62.8. The van der Waals surface area contributed by atoms with Crippen LogP contribution in [0.2, 0.25) is 0 Å². The predicted octanol–water partition coefficient (Wildman–Crippen LogP) is 21.2. The molecule has 6 nitrogen and oxygen atoms in total. The Bertz CT molecular complexity index is 1680. The smallest absolute Gasteiger partial charge is 0.306 e. The van der Waals surface area contributed by atoms with Crippen LogP contribution in [-0.4, -0.2) is 37.2 Å². The molecule has 0 N–H and O–H groups in total. The van der Waals surface area contributed by atoms with Crippen LogP contribution in [0.25, 0.3) is 0 Å². The summed E-state index contributed by atoms with van der Waals surface area (Å²) >= 11 is 0. The zero-order valence-electron chi connectivity index (χ0n) is 49.0. The first-order valence-electron chi connectivity index (χ1n) is 30.8. The third-order valence-corrected chi connectivity index (χ3v) is 12.6. The van der Waals surface area contributed by atoms with E-state index in [1.54, 1.807) is 0 Å². The van der Waals surface area contributed by atoms with Crippen LogP contribution in [0, 0.1) is 0 Å². The van der Waals surface area contributed by atoms with E-state index in [-0.39, 0.29) is 37.5 Å². The fourth-order valence-electron chi connectivity index (χ4n) is 7.98. The highest BCUT2D eigenvalue weighted by Crippen LogP contribution is 2.14. The minimum absolute atomic E-state index is 0.102. The molecule has 428 valence electrons. The van der Waals surface area contributed by atoms with Crippen molar-refractivity contribution in [1.82, 2.24) is 0 Å². The molecule has 0 fully saturated rings. The number of carbonyl (C=O) groups excluding carboxylic acids is 3. The van der Waals surface area contributed by atoms with Gasteiger partial charge in [0.1, 0.15) is 13.2 Å². The zero-order chi connectivity index (χ0) is 55.0. The maximum Gasteiger partial charge on any atom is 0.306 e. The largest absolute Gasteiger partial charge is 0.462 e. The third kappa shape index (κ3) is 60.2. The molecule has 0 aliphatic heterocycles. The number of unbranched alkanes of at least 4 members (excludes halogenated alkanes) is 19. The van der Waals surface area contributed by atoms with E-state index >= 15 is 0 Å². The Morgan fingerprint density at radius 3 is 0.803 bits per heavy atom. The van der Waals surface area contributed by atoms with Gasteiger partial charge in [0.15, 0.2) is 6.10 Å². The number of esters is 3. The molecule has 0 aliphatic carbocycles. The molecule has 0 heterocycles. The molecule has 0 spiro atoms. The van der Waals surface area contributed by atoms with Crippen LogP contribution in [-0.2, 0) is 28.6 Å². The van der Waals surface area contributed by atoms with Crippen molar-refractivity contribution in [3.63, 3.8) is 0 Å². The monoisotopic (exact) mass is 1050 g/mol. The van der Waals surface area contributed by atoms with Gasteiger partial charge in [-0.05, 0) is 135 Å². The lowest BCUT2D eigenvalue weighted by Crippen LogP contribution is -2.30. The van der Waals surface area contributed by atoms with Crippen LogP contribution >= 0.6 is 0 Å². The number of carbonyl (C=O) groups is 3. The Hall–Kier alpha value is -4.71. The molecule has 0 aromatic carbocycles. The number of rotatable bonds is 54. The molecule has 0 aromatic rings. The molecule has 0 aliphatic rings. The first-order valence-corrected chi connectivity index (χ1v) is 30.8. The van der Waals surface area contributed by atoms with Gasteiger partial charge >= 0.3 is 17.9 Å². The number of hydrogen-bond acceptors (Lipinski definition) is 6. The fraction of sp³-hybridized carbons (Fsp3) is 0.614. The number of hydrogen-bond donors (Lipinski definition) is 0. The van der Waals surface area contributed by atoms with Gasteiger partial charge in [0.2, 0.25) is 0 Å². The van der Waals surface area contributed by atoms with Crippen molar-refractivity contribution in [2.24, 2.45) is 0 Å². The second-order valence-electron chi connectivity index (χ2n) is 19.8. The normalized spacial score (nSPS) is 13.1.